The minimum absolute atomic E-state index is 0.0105. The molecule has 0 radical (unpaired) electrons. The summed E-state index contributed by atoms with van der Waals surface area (Å²) < 4.78 is 0. The van der Waals surface area contributed by atoms with Gasteiger partial charge in [0.2, 0.25) is 0 Å². The summed E-state index contributed by atoms with van der Waals surface area (Å²) in [6.45, 7) is 5.79. The first kappa shape index (κ1) is 11.9. The molecule has 0 fully saturated rings. The molecule has 0 aliphatic heterocycles. The first-order chi connectivity index (χ1) is 7.03. The fourth-order valence-corrected chi connectivity index (χ4v) is 1.54. The topological polar surface area (TPSA) is 56.0 Å². The fraction of sp³-hybridized carbons (Fsp3) is 0.500. The number of aromatic nitrogens is 1. The lowest BCUT2D eigenvalue weighted by atomic mass is 9.86. The smallest absolute Gasteiger partial charge is 0.184 e. The van der Waals surface area contributed by atoms with E-state index in [9.17, 15) is 4.79 Å². The summed E-state index contributed by atoms with van der Waals surface area (Å²) in [4.78, 5) is 16.1. The van der Waals surface area contributed by atoms with E-state index in [-0.39, 0.29) is 5.78 Å². The average molecular weight is 206 g/mol. The fourth-order valence-electron chi connectivity index (χ4n) is 1.54. The van der Waals surface area contributed by atoms with Gasteiger partial charge < -0.3 is 5.73 Å². The highest BCUT2D eigenvalue weighted by Gasteiger charge is 2.30. The third kappa shape index (κ3) is 2.42. The molecule has 15 heavy (non-hydrogen) atoms. The Morgan fingerprint density at radius 1 is 1.40 bits per heavy atom. The second-order valence-electron chi connectivity index (χ2n) is 3.94. The maximum atomic E-state index is 12.1. The van der Waals surface area contributed by atoms with Crippen LogP contribution >= 0.6 is 0 Å². The van der Waals surface area contributed by atoms with Crippen LogP contribution in [0.5, 0.6) is 0 Å². The zero-order valence-electron chi connectivity index (χ0n) is 9.58. The number of carbonyl (C=O) groups excluding carboxylic acids is 1. The third-order valence-electron chi connectivity index (χ3n) is 2.85. The van der Waals surface area contributed by atoms with Crippen molar-refractivity contribution in [3.63, 3.8) is 0 Å². The molecule has 3 heteroatoms. The zero-order valence-corrected chi connectivity index (χ0v) is 9.58. The van der Waals surface area contributed by atoms with Gasteiger partial charge >= 0.3 is 0 Å². The Kier molecular flexibility index (Phi) is 3.58. The lowest BCUT2D eigenvalue weighted by Gasteiger charge is -2.24. The van der Waals surface area contributed by atoms with E-state index in [1.807, 2.05) is 26.8 Å². The number of Topliss-reactive ketones (excluding diaryl/α,β-unsaturated/α-hetero) is 1. The van der Waals surface area contributed by atoms with Crippen molar-refractivity contribution in [1.82, 2.24) is 4.98 Å². The van der Waals surface area contributed by atoms with Crippen LogP contribution in [0, 0.1) is 6.92 Å². The maximum absolute atomic E-state index is 12.1. The van der Waals surface area contributed by atoms with Gasteiger partial charge in [-0.15, -0.1) is 0 Å². The van der Waals surface area contributed by atoms with Crippen LogP contribution in [-0.2, 0) is 0 Å². The summed E-state index contributed by atoms with van der Waals surface area (Å²) in [5.74, 6) is -0.0105. The Morgan fingerprint density at radius 3 is 2.47 bits per heavy atom. The number of hydrogen-bond donors (Lipinski definition) is 1. The summed E-state index contributed by atoms with van der Waals surface area (Å²) in [5, 5.41) is 0. The molecule has 0 aromatic carbocycles. The molecule has 0 spiro atoms. The number of rotatable bonds is 4. The number of nitrogens with two attached hydrogens (primary N) is 1. The first-order valence-electron chi connectivity index (χ1n) is 5.29. The Morgan fingerprint density at radius 2 is 2.00 bits per heavy atom. The quantitative estimate of drug-likeness (QED) is 0.767. The van der Waals surface area contributed by atoms with Gasteiger partial charge in [-0.3, -0.25) is 9.78 Å². The minimum atomic E-state index is -0.741. The molecule has 1 rings (SSSR count). The van der Waals surface area contributed by atoms with Gasteiger partial charge in [-0.05, 0) is 31.4 Å². The molecule has 1 aromatic heterocycles. The van der Waals surface area contributed by atoms with Gasteiger partial charge in [0.1, 0.15) is 0 Å². The molecular weight excluding hydrogens is 188 g/mol. The van der Waals surface area contributed by atoms with Gasteiger partial charge in [0.25, 0.3) is 0 Å². The summed E-state index contributed by atoms with van der Waals surface area (Å²) in [7, 11) is 0. The van der Waals surface area contributed by atoms with Crippen LogP contribution < -0.4 is 5.73 Å². The van der Waals surface area contributed by atoms with E-state index in [2.05, 4.69) is 4.98 Å². The molecule has 2 N–H and O–H groups in total. The van der Waals surface area contributed by atoms with E-state index in [4.69, 9.17) is 5.73 Å². The van der Waals surface area contributed by atoms with Crippen LogP contribution in [-0.4, -0.2) is 16.3 Å². The maximum Gasteiger partial charge on any atom is 0.184 e. The number of aryl methyl sites for hydroxylation is 1. The lowest BCUT2D eigenvalue weighted by molar-refractivity contribution is 0.0879. The van der Waals surface area contributed by atoms with Gasteiger partial charge in [-0.25, -0.2) is 0 Å². The molecule has 0 aliphatic rings. The van der Waals surface area contributed by atoms with E-state index in [0.717, 1.165) is 5.56 Å². The van der Waals surface area contributed by atoms with E-state index >= 15 is 0 Å². The van der Waals surface area contributed by atoms with Gasteiger partial charge in [-0.2, -0.15) is 0 Å². The molecule has 82 valence electrons. The Bertz CT molecular complexity index is 356. The molecule has 0 amide bonds. The molecule has 1 heterocycles. The summed E-state index contributed by atoms with van der Waals surface area (Å²) in [6.07, 6.45) is 4.61. The van der Waals surface area contributed by atoms with E-state index in [1.165, 1.54) is 0 Å². The molecule has 0 saturated carbocycles. The molecule has 0 atom stereocenters. The van der Waals surface area contributed by atoms with Crippen LogP contribution in [0.1, 0.15) is 42.6 Å². The molecule has 1 aromatic rings. The molecule has 0 aliphatic carbocycles. The van der Waals surface area contributed by atoms with Crippen molar-refractivity contribution in [1.29, 1.82) is 0 Å². The van der Waals surface area contributed by atoms with Crippen molar-refractivity contribution in [3.8, 4) is 0 Å². The standard InChI is InChI=1S/C12H18N2O/c1-4-12(13,5-2)11(15)10-6-9(3)7-14-8-10/h6-8H,4-5,13H2,1-3H3. The highest BCUT2D eigenvalue weighted by atomic mass is 16.1. The highest BCUT2D eigenvalue weighted by Crippen LogP contribution is 2.18. The third-order valence-corrected chi connectivity index (χ3v) is 2.85. The van der Waals surface area contributed by atoms with Crippen molar-refractivity contribution in [2.45, 2.75) is 39.2 Å². The Labute approximate surface area is 90.7 Å². The van der Waals surface area contributed by atoms with Crippen molar-refractivity contribution < 1.29 is 4.79 Å². The van der Waals surface area contributed by atoms with Crippen LogP contribution in [0.15, 0.2) is 18.5 Å². The number of ketones is 1. The number of nitrogens with zero attached hydrogens (tertiary/aromatic N) is 1. The first-order valence-corrected chi connectivity index (χ1v) is 5.29. The second-order valence-corrected chi connectivity index (χ2v) is 3.94. The monoisotopic (exact) mass is 206 g/mol. The van der Waals surface area contributed by atoms with E-state index in [1.54, 1.807) is 12.4 Å². The summed E-state index contributed by atoms with van der Waals surface area (Å²) in [6, 6.07) is 1.84. The van der Waals surface area contributed by atoms with Gasteiger partial charge in [0, 0.05) is 18.0 Å². The molecule has 0 saturated heterocycles. The minimum Gasteiger partial charge on any atom is -0.319 e. The average Bonchev–Trinajstić information content (AvgIpc) is 2.27. The summed E-state index contributed by atoms with van der Waals surface area (Å²) >= 11 is 0. The molecule has 3 nitrogen and oxygen atoms in total. The highest BCUT2D eigenvalue weighted by molar-refractivity contribution is 6.02. The van der Waals surface area contributed by atoms with Crippen molar-refractivity contribution >= 4 is 5.78 Å². The summed E-state index contributed by atoms with van der Waals surface area (Å²) in [5.41, 5.74) is 6.90. The van der Waals surface area contributed by atoms with Crippen LogP contribution in [0.2, 0.25) is 0 Å². The number of carbonyl (C=O) groups is 1. The van der Waals surface area contributed by atoms with Gasteiger partial charge in [0.05, 0.1) is 5.54 Å². The zero-order chi connectivity index (χ0) is 11.5. The van der Waals surface area contributed by atoms with Crippen molar-refractivity contribution in [3.05, 3.63) is 29.6 Å². The van der Waals surface area contributed by atoms with Crippen molar-refractivity contribution in [2.24, 2.45) is 5.73 Å². The largest absolute Gasteiger partial charge is 0.319 e. The van der Waals surface area contributed by atoms with Gasteiger partial charge in [-0.1, -0.05) is 13.8 Å². The van der Waals surface area contributed by atoms with Crippen molar-refractivity contribution in [2.75, 3.05) is 0 Å². The SMILES string of the molecule is CCC(N)(CC)C(=O)c1cncc(C)c1. The normalized spacial score (nSPS) is 11.5. The van der Waals surface area contributed by atoms with Gasteiger partial charge in [0.15, 0.2) is 5.78 Å². The molecular formula is C12H18N2O. The second kappa shape index (κ2) is 4.53. The molecule has 0 unspecified atom stereocenters. The molecule has 0 bridgehead atoms. The predicted molar refractivity (Wildman–Crippen MR) is 60.8 cm³/mol. The van der Waals surface area contributed by atoms with Crippen LogP contribution in [0.4, 0.5) is 0 Å². The van der Waals surface area contributed by atoms with E-state index in [0.29, 0.717) is 18.4 Å². The van der Waals surface area contributed by atoms with Crippen LogP contribution in [0.25, 0.3) is 0 Å². The Balaban J connectivity index is 3.03. The number of pyridine rings is 1. The number of hydrogen-bond acceptors (Lipinski definition) is 3. The predicted octanol–water partition coefficient (Wildman–Crippen LogP) is 2.09. The lowest BCUT2D eigenvalue weighted by Crippen LogP contribution is -2.46. The Hall–Kier alpha value is -1.22. The van der Waals surface area contributed by atoms with Crippen LogP contribution in [0.3, 0.4) is 0 Å². The van der Waals surface area contributed by atoms with E-state index < -0.39 is 5.54 Å².